The number of H-pyrrole nitrogens is 1. The van der Waals surface area contributed by atoms with Gasteiger partial charge in [-0.15, -0.1) is 0 Å². The topological polar surface area (TPSA) is 55.0 Å². The Hall–Kier alpha value is -1.32. The summed E-state index contributed by atoms with van der Waals surface area (Å²) < 4.78 is 4.29. The maximum Gasteiger partial charge on any atom is 0.417 e. The molecule has 1 radical (unpaired) electrons. The third-order valence-electron chi connectivity index (χ3n) is 0.837. The Bertz CT molecular complexity index is 171. The van der Waals surface area contributed by atoms with Crippen molar-refractivity contribution in [2.45, 2.75) is 6.61 Å². The normalized spacial score (nSPS) is 8.89. The van der Waals surface area contributed by atoms with Gasteiger partial charge < -0.3 is 4.74 Å². The van der Waals surface area contributed by atoms with E-state index >= 15 is 0 Å². The number of rotatable bonds is 3. The van der Waals surface area contributed by atoms with Crippen LogP contribution in [0, 0.1) is 0 Å². The van der Waals surface area contributed by atoms with Gasteiger partial charge in [-0.3, -0.25) is 5.10 Å². The summed E-state index contributed by atoms with van der Waals surface area (Å²) in [5, 5.41) is 6.30. The highest BCUT2D eigenvalue weighted by atomic mass is 16.5. The molecule has 0 spiro atoms. The maximum absolute atomic E-state index is 9.51. The number of ether oxygens (including phenoxy) is 1. The van der Waals surface area contributed by atoms with Crippen molar-refractivity contribution in [3.8, 4) is 0 Å². The van der Waals surface area contributed by atoms with Crippen LogP contribution in [-0.2, 0) is 16.1 Å². The second-order valence-electron chi connectivity index (χ2n) is 1.44. The predicted octanol–water partition coefficient (Wildman–Crippen LogP) is -0.00650. The number of carbonyl (C=O) groups excluding carboxylic acids is 1. The van der Waals surface area contributed by atoms with E-state index in [0.29, 0.717) is 5.69 Å². The molecule has 1 N–H and O–H groups in total. The molecule has 0 aliphatic carbocycles. The first kappa shape index (κ1) is 5.81. The van der Waals surface area contributed by atoms with Crippen LogP contribution in [0.3, 0.4) is 0 Å². The molecule has 4 heteroatoms. The summed E-state index contributed by atoms with van der Waals surface area (Å²) in [6.07, 6.45) is 1.66. The molecule has 47 valence electrons. The van der Waals surface area contributed by atoms with Crippen molar-refractivity contribution in [1.82, 2.24) is 10.2 Å². The van der Waals surface area contributed by atoms with Crippen molar-refractivity contribution in [2.24, 2.45) is 0 Å². The summed E-state index contributed by atoms with van der Waals surface area (Å²) in [5.41, 5.74) is 0.693. The highest BCUT2D eigenvalue weighted by Crippen LogP contribution is 1.91. The predicted molar refractivity (Wildman–Crippen MR) is 29.1 cm³/mol. The van der Waals surface area contributed by atoms with Gasteiger partial charge in [0.15, 0.2) is 0 Å². The molecule has 0 saturated heterocycles. The zero-order valence-electron chi connectivity index (χ0n) is 4.63. The van der Waals surface area contributed by atoms with Crippen LogP contribution in [-0.4, -0.2) is 16.7 Å². The Balaban J connectivity index is 2.38. The average Bonchev–Trinajstić information content (AvgIpc) is 2.34. The molecule has 0 aliphatic rings. The number of nitrogens with zero attached hydrogens (tertiary/aromatic N) is 1. The number of hydrogen-bond acceptors (Lipinski definition) is 3. The molecule has 1 aromatic rings. The summed E-state index contributed by atoms with van der Waals surface area (Å²) in [6, 6.07) is 1.72. The van der Waals surface area contributed by atoms with Gasteiger partial charge in [0.2, 0.25) is 0 Å². The van der Waals surface area contributed by atoms with Gasteiger partial charge in [-0.25, -0.2) is 4.79 Å². The fourth-order valence-corrected chi connectivity index (χ4v) is 0.475. The smallest absolute Gasteiger partial charge is 0.417 e. The lowest BCUT2D eigenvalue weighted by atomic mass is 10.5. The quantitative estimate of drug-likeness (QED) is 0.618. The SMILES string of the molecule is O=[C]OCc1cc[nH]n1. The summed E-state index contributed by atoms with van der Waals surface area (Å²) in [6.45, 7) is 1.49. The van der Waals surface area contributed by atoms with E-state index < -0.39 is 0 Å². The van der Waals surface area contributed by atoms with E-state index in [0.717, 1.165) is 0 Å². The van der Waals surface area contributed by atoms with Gasteiger partial charge in [0, 0.05) is 6.20 Å². The standard InChI is InChI=1S/C5H5N2O2/c8-4-9-3-5-1-2-6-7-5/h1-2H,3H2,(H,6,7). The molecule has 0 saturated carbocycles. The van der Waals surface area contributed by atoms with Crippen molar-refractivity contribution in [3.05, 3.63) is 18.0 Å². The van der Waals surface area contributed by atoms with Crippen molar-refractivity contribution in [1.29, 1.82) is 0 Å². The number of nitrogens with one attached hydrogen (secondary N) is 1. The molecule has 4 nitrogen and oxygen atoms in total. The summed E-state index contributed by atoms with van der Waals surface area (Å²) in [5.74, 6) is 0. The fourth-order valence-electron chi connectivity index (χ4n) is 0.475. The first-order valence-electron chi connectivity index (χ1n) is 2.41. The number of aromatic amines is 1. The van der Waals surface area contributed by atoms with Gasteiger partial charge in [-0.1, -0.05) is 0 Å². The third kappa shape index (κ3) is 1.56. The van der Waals surface area contributed by atoms with E-state index in [4.69, 9.17) is 0 Å². The molecular weight excluding hydrogens is 120 g/mol. The molecule has 0 fully saturated rings. The van der Waals surface area contributed by atoms with Crippen molar-refractivity contribution >= 4 is 6.47 Å². The Labute approximate surface area is 51.8 Å². The van der Waals surface area contributed by atoms with Gasteiger partial charge in [-0.05, 0) is 6.07 Å². The van der Waals surface area contributed by atoms with E-state index in [-0.39, 0.29) is 6.61 Å². The monoisotopic (exact) mass is 125 g/mol. The zero-order valence-corrected chi connectivity index (χ0v) is 4.63. The Morgan fingerprint density at radius 3 is 3.33 bits per heavy atom. The second kappa shape index (κ2) is 2.86. The molecule has 0 bridgehead atoms. The van der Waals surface area contributed by atoms with Crippen LogP contribution < -0.4 is 0 Å². The maximum atomic E-state index is 9.51. The molecule has 9 heavy (non-hydrogen) atoms. The van der Waals surface area contributed by atoms with E-state index in [1.54, 1.807) is 12.3 Å². The molecule has 1 heterocycles. The molecule has 0 aromatic carbocycles. The van der Waals surface area contributed by atoms with Crippen molar-refractivity contribution in [3.63, 3.8) is 0 Å². The van der Waals surface area contributed by atoms with Crippen LogP contribution in [0.1, 0.15) is 5.69 Å². The first-order valence-corrected chi connectivity index (χ1v) is 2.41. The van der Waals surface area contributed by atoms with Gasteiger partial charge in [0.1, 0.15) is 6.61 Å². The Morgan fingerprint density at radius 2 is 2.78 bits per heavy atom. The van der Waals surface area contributed by atoms with Crippen LogP contribution in [0.25, 0.3) is 0 Å². The molecule has 0 atom stereocenters. The van der Waals surface area contributed by atoms with E-state index in [1.165, 1.54) is 6.47 Å². The molecule has 0 unspecified atom stereocenters. The molecule has 1 rings (SSSR count). The Kier molecular flexibility index (Phi) is 1.85. The van der Waals surface area contributed by atoms with Gasteiger partial charge in [-0.2, -0.15) is 5.10 Å². The Morgan fingerprint density at radius 1 is 1.89 bits per heavy atom. The molecule has 0 amide bonds. The summed E-state index contributed by atoms with van der Waals surface area (Å²) >= 11 is 0. The first-order chi connectivity index (χ1) is 4.43. The lowest BCUT2D eigenvalue weighted by Crippen LogP contribution is -1.89. The lowest BCUT2D eigenvalue weighted by Gasteiger charge is -1.87. The molecular formula is C5H5N2O2. The van der Waals surface area contributed by atoms with Gasteiger partial charge in [0.05, 0.1) is 5.69 Å². The molecule has 0 aliphatic heterocycles. The lowest BCUT2D eigenvalue weighted by molar-refractivity contribution is 0.263. The zero-order chi connectivity index (χ0) is 6.53. The van der Waals surface area contributed by atoms with Gasteiger partial charge >= 0.3 is 6.47 Å². The van der Waals surface area contributed by atoms with Crippen LogP contribution in [0.15, 0.2) is 12.3 Å². The minimum Gasteiger partial charge on any atom is -0.451 e. The third-order valence-corrected chi connectivity index (χ3v) is 0.837. The van der Waals surface area contributed by atoms with E-state index in [2.05, 4.69) is 14.9 Å². The molecule has 1 aromatic heterocycles. The van der Waals surface area contributed by atoms with Crippen LogP contribution >= 0.6 is 0 Å². The largest absolute Gasteiger partial charge is 0.451 e. The highest BCUT2D eigenvalue weighted by molar-refractivity contribution is 5.38. The second-order valence-corrected chi connectivity index (χ2v) is 1.44. The minimum atomic E-state index is 0.187. The number of hydrogen-bond donors (Lipinski definition) is 1. The van der Waals surface area contributed by atoms with Crippen LogP contribution in [0.4, 0.5) is 0 Å². The fraction of sp³-hybridized carbons (Fsp3) is 0.200. The minimum absolute atomic E-state index is 0.187. The number of aromatic nitrogens is 2. The van der Waals surface area contributed by atoms with Crippen molar-refractivity contribution in [2.75, 3.05) is 0 Å². The summed E-state index contributed by atoms with van der Waals surface area (Å²) in [4.78, 5) is 9.51. The van der Waals surface area contributed by atoms with Crippen molar-refractivity contribution < 1.29 is 9.53 Å². The van der Waals surface area contributed by atoms with E-state index in [1.807, 2.05) is 0 Å². The summed E-state index contributed by atoms with van der Waals surface area (Å²) in [7, 11) is 0. The van der Waals surface area contributed by atoms with Crippen LogP contribution in [0.5, 0.6) is 0 Å². The van der Waals surface area contributed by atoms with Gasteiger partial charge in [0.25, 0.3) is 0 Å². The van der Waals surface area contributed by atoms with E-state index in [9.17, 15) is 4.79 Å². The highest BCUT2D eigenvalue weighted by Gasteiger charge is 1.91. The van der Waals surface area contributed by atoms with Crippen LogP contribution in [0.2, 0.25) is 0 Å². The average molecular weight is 125 g/mol.